The lowest BCUT2D eigenvalue weighted by molar-refractivity contribution is 0.280. The van der Waals surface area contributed by atoms with Gasteiger partial charge in [-0.2, -0.15) is 0 Å². The van der Waals surface area contributed by atoms with Gasteiger partial charge in [-0.1, -0.05) is 30.3 Å². The van der Waals surface area contributed by atoms with Crippen molar-refractivity contribution in [2.45, 2.75) is 26.4 Å². The number of aromatic nitrogens is 1. The maximum Gasteiger partial charge on any atom is 0.145 e. The molecule has 1 aromatic carbocycles. The van der Waals surface area contributed by atoms with E-state index < -0.39 is 0 Å². The Morgan fingerprint density at radius 1 is 1.24 bits per heavy atom. The third-order valence-electron chi connectivity index (χ3n) is 3.34. The third kappa shape index (κ3) is 4.13. The van der Waals surface area contributed by atoms with Crippen molar-refractivity contribution >= 4 is 6.21 Å². The lowest BCUT2D eigenvalue weighted by Gasteiger charge is -2.07. The van der Waals surface area contributed by atoms with E-state index in [1.807, 2.05) is 18.2 Å². The highest BCUT2D eigenvalue weighted by molar-refractivity contribution is 5.85. The van der Waals surface area contributed by atoms with Crippen molar-refractivity contribution in [1.29, 1.82) is 0 Å². The Hall–Kier alpha value is -2.20. The maximum absolute atomic E-state index is 9.98. The van der Waals surface area contributed by atoms with Crippen LogP contribution < -0.4 is 0 Å². The van der Waals surface area contributed by atoms with E-state index in [0.717, 1.165) is 12.8 Å². The second-order valence-electron chi connectivity index (χ2n) is 4.91. The van der Waals surface area contributed by atoms with Crippen LogP contribution in [0.1, 0.15) is 28.8 Å². The molecule has 2 rings (SSSR count). The molecule has 0 aliphatic heterocycles. The number of rotatable bonds is 6. The first-order chi connectivity index (χ1) is 10.2. The highest BCUT2D eigenvalue weighted by Crippen LogP contribution is 2.21. The topological polar surface area (TPSA) is 65.7 Å². The molecule has 0 amide bonds. The SMILES string of the molecule is Cc1ncc(CO)c(C=NCCCc2ccccc2)c1O. The van der Waals surface area contributed by atoms with Crippen LogP contribution in [-0.4, -0.2) is 28.0 Å². The minimum atomic E-state index is -0.161. The second-order valence-corrected chi connectivity index (χ2v) is 4.91. The Kier molecular flexibility index (Phi) is 5.46. The molecule has 1 aromatic heterocycles. The van der Waals surface area contributed by atoms with Gasteiger partial charge in [-0.25, -0.2) is 0 Å². The Labute approximate surface area is 124 Å². The van der Waals surface area contributed by atoms with Gasteiger partial charge in [-0.15, -0.1) is 0 Å². The van der Waals surface area contributed by atoms with Crippen LogP contribution in [0.3, 0.4) is 0 Å². The van der Waals surface area contributed by atoms with E-state index in [-0.39, 0.29) is 12.4 Å². The number of hydrogen-bond acceptors (Lipinski definition) is 4. The van der Waals surface area contributed by atoms with Crippen molar-refractivity contribution in [1.82, 2.24) is 4.98 Å². The van der Waals surface area contributed by atoms with E-state index in [1.54, 1.807) is 19.3 Å². The van der Waals surface area contributed by atoms with Gasteiger partial charge in [0, 0.05) is 30.1 Å². The normalized spacial score (nSPS) is 11.1. The molecule has 0 saturated heterocycles. The van der Waals surface area contributed by atoms with Crippen molar-refractivity contribution in [2.75, 3.05) is 6.54 Å². The number of benzene rings is 1. The monoisotopic (exact) mass is 284 g/mol. The molecule has 4 heteroatoms. The van der Waals surface area contributed by atoms with Gasteiger partial charge in [0.05, 0.1) is 12.3 Å². The largest absolute Gasteiger partial charge is 0.505 e. The first-order valence-electron chi connectivity index (χ1n) is 7.04. The summed E-state index contributed by atoms with van der Waals surface area (Å²) in [7, 11) is 0. The number of aliphatic imine (C=N–C) groups is 1. The molecular formula is C17H20N2O2. The fourth-order valence-electron chi connectivity index (χ4n) is 2.10. The van der Waals surface area contributed by atoms with E-state index in [9.17, 15) is 10.2 Å². The van der Waals surface area contributed by atoms with Gasteiger partial charge in [0.1, 0.15) is 5.75 Å². The molecule has 2 aromatic rings. The lowest BCUT2D eigenvalue weighted by atomic mass is 10.1. The molecule has 0 bridgehead atoms. The zero-order valence-corrected chi connectivity index (χ0v) is 12.2. The highest BCUT2D eigenvalue weighted by atomic mass is 16.3. The van der Waals surface area contributed by atoms with Gasteiger partial charge in [-0.05, 0) is 25.3 Å². The van der Waals surface area contributed by atoms with Gasteiger partial charge in [0.15, 0.2) is 0 Å². The van der Waals surface area contributed by atoms with Crippen molar-refractivity contribution in [3.05, 3.63) is 58.9 Å². The molecule has 110 valence electrons. The minimum absolute atomic E-state index is 0.0911. The molecule has 0 saturated carbocycles. The van der Waals surface area contributed by atoms with Crippen LogP contribution in [0.4, 0.5) is 0 Å². The number of aliphatic hydroxyl groups excluding tert-OH is 1. The quantitative estimate of drug-likeness (QED) is 0.633. The Balaban J connectivity index is 1.94. The number of nitrogens with zero attached hydrogens (tertiary/aromatic N) is 2. The summed E-state index contributed by atoms with van der Waals surface area (Å²) in [5, 5.41) is 19.3. The molecule has 0 atom stereocenters. The zero-order valence-electron chi connectivity index (χ0n) is 12.2. The Morgan fingerprint density at radius 3 is 2.71 bits per heavy atom. The number of aromatic hydroxyl groups is 1. The summed E-state index contributed by atoms with van der Waals surface area (Å²) >= 11 is 0. The summed E-state index contributed by atoms with van der Waals surface area (Å²) in [6, 6.07) is 10.3. The summed E-state index contributed by atoms with van der Waals surface area (Å²) in [4.78, 5) is 8.37. The first-order valence-corrected chi connectivity index (χ1v) is 7.04. The standard InChI is InChI=1S/C17H20N2O2/c1-13-17(21)16(15(12-20)10-19-13)11-18-9-5-8-14-6-3-2-4-7-14/h2-4,6-7,10-11,20-21H,5,8-9,12H2,1H3. The van der Waals surface area contributed by atoms with Crippen LogP contribution in [0.25, 0.3) is 0 Å². The lowest BCUT2D eigenvalue weighted by Crippen LogP contribution is -1.98. The average Bonchev–Trinajstić information content (AvgIpc) is 2.52. The molecule has 4 nitrogen and oxygen atoms in total. The van der Waals surface area contributed by atoms with Gasteiger partial charge in [0.25, 0.3) is 0 Å². The van der Waals surface area contributed by atoms with Gasteiger partial charge < -0.3 is 10.2 Å². The molecule has 0 fully saturated rings. The maximum atomic E-state index is 9.98. The summed E-state index contributed by atoms with van der Waals surface area (Å²) in [6.07, 6.45) is 5.12. The van der Waals surface area contributed by atoms with Crippen LogP contribution in [0.15, 0.2) is 41.5 Å². The third-order valence-corrected chi connectivity index (χ3v) is 3.34. The van der Waals surface area contributed by atoms with Gasteiger partial charge in [-0.3, -0.25) is 9.98 Å². The number of aryl methyl sites for hydroxylation is 2. The van der Waals surface area contributed by atoms with E-state index in [1.165, 1.54) is 5.56 Å². The number of pyridine rings is 1. The summed E-state index contributed by atoms with van der Waals surface area (Å²) < 4.78 is 0. The van der Waals surface area contributed by atoms with Crippen LogP contribution in [0.5, 0.6) is 5.75 Å². The predicted molar refractivity (Wildman–Crippen MR) is 83.8 cm³/mol. The molecule has 0 aliphatic carbocycles. The summed E-state index contributed by atoms with van der Waals surface area (Å²) in [5.74, 6) is 0.0911. The van der Waals surface area contributed by atoms with Gasteiger partial charge in [0.2, 0.25) is 0 Å². The molecule has 0 spiro atoms. The van der Waals surface area contributed by atoms with Crippen molar-refractivity contribution in [3.8, 4) is 5.75 Å². The molecule has 21 heavy (non-hydrogen) atoms. The smallest absolute Gasteiger partial charge is 0.145 e. The molecule has 2 N–H and O–H groups in total. The van der Waals surface area contributed by atoms with E-state index in [0.29, 0.717) is 23.4 Å². The Bertz CT molecular complexity index is 610. The van der Waals surface area contributed by atoms with E-state index in [4.69, 9.17) is 0 Å². The van der Waals surface area contributed by atoms with Crippen molar-refractivity contribution in [3.63, 3.8) is 0 Å². The van der Waals surface area contributed by atoms with Gasteiger partial charge >= 0.3 is 0 Å². The van der Waals surface area contributed by atoms with E-state index >= 15 is 0 Å². The second kappa shape index (κ2) is 7.55. The van der Waals surface area contributed by atoms with Crippen molar-refractivity contribution < 1.29 is 10.2 Å². The molecule has 1 heterocycles. The van der Waals surface area contributed by atoms with Crippen LogP contribution in [0.2, 0.25) is 0 Å². The molecular weight excluding hydrogens is 264 g/mol. The fourth-order valence-corrected chi connectivity index (χ4v) is 2.10. The van der Waals surface area contributed by atoms with Crippen LogP contribution in [0, 0.1) is 6.92 Å². The predicted octanol–water partition coefficient (Wildman–Crippen LogP) is 2.64. The molecule has 0 aliphatic rings. The van der Waals surface area contributed by atoms with Crippen LogP contribution >= 0.6 is 0 Å². The highest BCUT2D eigenvalue weighted by Gasteiger charge is 2.08. The number of hydrogen-bond donors (Lipinski definition) is 2. The number of aliphatic hydroxyl groups is 1. The first kappa shape index (κ1) is 15.2. The summed E-state index contributed by atoms with van der Waals surface area (Å²) in [5.41, 5.74) is 2.99. The zero-order chi connectivity index (χ0) is 15.1. The van der Waals surface area contributed by atoms with E-state index in [2.05, 4.69) is 22.1 Å². The average molecular weight is 284 g/mol. The molecule has 0 radical (unpaired) electrons. The summed E-state index contributed by atoms with van der Waals surface area (Å²) in [6.45, 7) is 2.25. The Morgan fingerprint density at radius 2 is 2.00 bits per heavy atom. The molecule has 0 unspecified atom stereocenters. The fraction of sp³-hybridized carbons (Fsp3) is 0.294. The van der Waals surface area contributed by atoms with Crippen LogP contribution in [-0.2, 0) is 13.0 Å². The van der Waals surface area contributed by atoms with Crippen molar-refractivity contribution in [2.24, 2.45) is 4.99 Å². The minimum Gasteiger partial charge on any atom is -0.505 e.